The van der Waals surface area contributed by atoms with Crippen molar-refractivity contribution in [3.8, 4) is 0 Å². The summed E-state index contributed by atoms with van der Waals surface area (Å²) in [4.78, 5) is 0. The van der Waals surface area contributed by atoms with Gasteiger partial charge >= 0.3 is 6.18 Å². The van der Waals surface area contributed by atoms with Crippen LogP contribution in [0.1, 0.15) is 22.7 Å². The lowest BCUT2D eigenvalue weighted by Crippen LogP contribution is -2.14. The summed E-state index contributed by atoms with van der Waals surface area (Å²) >= 11 is 0. The number of nitrogens with one attached hydrogen (secondary N) is 1. The molecule has 2 nitrogen and oxygen atoms in total. The molecular formula is C20H17F3N2. The molecule has 0 radical (unpaired) electrons. The maximum atomic E-state index is 12.8. The van der Waals surface area contributed by atoms with Gasteiger partial charge in [-0.2, -0.15) is 13.2 Å². The maximum absolute atomic E-state index is 12.8. The molecule has 25 heavy (non-hydrogen) atoms. The number of rotatable bonds is 4. The van der Waals surface area contributed by atoms with Gasteiger partial charge in [0.15, 0.2) is 0 Å². The molecule has 0 spiro atoms. The van der Waals surface area contributed by atoms with Crippen molar-refractivity contribution in [2.45, 2.75) is 12.2 Å². The van der Waals surface area contributed by atoms with Crippen LogP contribution in [0.25, 0.3) is 0 Å². The van der Waals surface area contributed by atoms with Crippen LogP contribution in [0.4, 0.5) is 24.5 Å². The molecule has 0 heterocycles. The van der Waals surface area contributed by atoms with E-state index in [1.54, 1.807) is 0 Å². The Labute approximate surface area is 144 Å². The molecule has 0 aromatic heterocycles. The topological polar surface area (TPSA) is 38.0 Å². The minimum absolute atomic E-state index is 0.0617. The molecule has 0 fully saturated rings. The van der Waals surface area contributed by atoms with Crippen molar-refractivity contribution in [3.05, 3.63) is 95.6 Å². The van der Waals surface area contributed by atoms with Crippen molar-refractivity contribution < 1.29 is 13.2 Å². The molecule has 5 heteroatoms. The van der Waals surface area contributed by atoms with E-state index in [0.29, 0.717) is 5.69 Å². The second kappa shape index (κ2) is 6.89. The van der Waals surface area contributed by atoms with Gasteiger partial charge in [0.25, 0.3) is 0 Å². The van der Waals surface area contributed by atoms with E-state index in [-0.39, 0.29) is 11.7 Å². The first kappa shape index (κ1) is 16.9. The summed E-state index contributed by atoms with van der Waals surface area (Å²) in [7, 11) is 0. The average Bonchev–Trinajstić information content (AvgIpc) is 2.61. The average molecular weight is 342 g/mol. The molecular weight excluding hydrogens is 325 g/mol. The summed E-state index contributed by atoms with van der Waals surface area (Å²) in [5, 5.41) is 3.27. The first-order valence-corrected chi connectivity index (χ1v) is 7.78. The Kier molecular flexibility index (Phi) is 4.65. The van der Waals surface area contributed by atoms with Gasteiger partial charge in [0.05, 0.1) is 23.0 Å². The summed E-state index contributed by atoms with van der Waals surface area (Å²) in [6.07, 6.45) is -4.41. The summed E-state index contributed by atoms with van der Waals surface area (Å²) in [6, 6.07) is 22.5. The lowest BCUT2D eigenvalue weighted by Gasteiger charge is -2.22. The van der Waals surface area contributed by atoms with E-state index in [2.05, 4.69) is 5.32 Å². The van der Waals surface area contributed by atoms with Gasteiger partial charge in [0.1, 0.15) is 0 Å². The standard InChI is InChI=1S/C20H17F3N2/c21-20(22,23)16-11-12-18(17(24)13-16)25-19(14-7-3-1-4-8-14)15-9-5-2-6-10-15/h1-13,19,25H,24H2. The molecule has 3 N–H and O–H groups in total. The molecule has 128 valence electrons. The van der Waals surface area contributed by atoms with Crippen LogP contribution in [0.15, 0.2) is 78.9 Å². The summed E-state index contributed by atoms with van der Waals surface area (Å²) < 4.78 is 38.4. The van der Waals surface area contributed by atoms with Gasteiger partial charge in [0.2, 0.25) is 0 Å². The van der Waals surface area contributed by atoms with Gasteiger partial charge in [-0.15, -0.1) is 0 Å². The molecule has 0 aliphatic carbocycles. The van der Waals surface area contributed by atoms with Gasteiger partial charge in [-0.3, -0.25) is 0 Å². The largest absolute Gasteiger partial charge is 0.416 e. The fourth-order valence-electron chi connectivity index (χ4n) is 2.68. The van der Waals surface area contributed by atoms with Crippen LogP contribution in [0, 0.1) is 0 Å². The predicted octanol–water partition coefficient (Wildman–Crippen LogP) is 5.49. The van der Waals surface area contributed by atoms with E-state index >= 15 is 0 Å². The zero-order valence-corrected chi connectivity index (χ0v) is 13.3. The highest BCUT2D eigenvalue weighted by Gasteiger charge is 2.31. The third kappa shape index (κ3) is 3.94. The number of hydrogen-bond donors (Lipinski definition) is 2. The lowest BCUT2D eigenvalue weighted by atomic mass is 9.98. The Hall–Kier alpha value is -2.95. The van der Waals surface area contributed by atoms with Crippen molar-refractivity contribution in [2.75, 3.05) is 11.1 Å². The minimum atomic E-state index is -4.41. The first-order chi connectivity index (χ1) is 11.9. The van der Waals surface area contributed by atoms with Gasteiger partial charge in [-0.1, -0.05) is 60.7 Å². The highest BCUT2D eigenvalue weighted by molar-refractivity contribution is 5.68. The summed E-state index contributed by atoms with van der Waals surface area (Å²) in [6.45, 7) is 0. The Bertz CT molecular complexity index is 791. The minimum Gasteiger partial charge on any atom is -0.397 e. The first-order valence-electron chi connectivity index (χ1n) is 7.78. The van der Waals surface area contributed by atoms with Crippen LogP contribution >= 0.6 is 0 Å². The molecule has 3 rings (SSSR count). The Morgan fingerprint density at radius 1 is 0.760 bits per heavy atom. The molecule has 0 aliphatic heterocycles. The van der Waals surface area contributed by atoms with Gasteiger partial charge in [-0.25, -0.2) is 0 Å². The van der Waals surface area contributed by atoms with E-state index < -0.39 is 11.7 Å². The molecule has 0 bridgehead atoms. The van der Waals surface area contributed by atoms with Crippen LogP contribution in [0.3, 0.4) is 0 Å². The fraction of sp³-hybridized carbons (Fsp3) is 0.100. The van der Waals surface area contributed by atoms with Crippen molar-refractivity contribution in [3.63, 3.8) is 0 Å². The predicted molar refractivity (Wildman–Crippen MR) is 94.2 cm³/mol. The van der Waals surface area contributed by atoms with E-state index in [1.165, 1.54) is 6.07 Å². The van der Waals surface area contributed by atoms with Gasteiger partial charge < -0.3 is 11.1 Å². The van der Waals surface area contributed by atoms with E-state index in [1.807, 2.05) is 60.7 Å². The van der Waals surface area contributed by atoms with Crippen LogP contribution < -0.4 is 11.1 Å². The Morgan fingerprint density at radius 2 is 1.28 bits per heavy atom. The van der Waals surface area contributed by atoms with Crippen LogP contribution in [-0.4, -0.2) is 0 Å². The molecule has 0 atom stereocenters. The van der Waals surface area contributed by atoms with Crippen molar-refractivity contribution in [2.24, 2.45) is 0 Å². The zero-order chi connectivity index (χ0) is 17.9. The summed E-state index contributed by atoms with van der Waals surface area (Å²) in [5.74, 6) is 0. The highest BCUT2D eigenvalue weighted by atomic mass is 19.4. The molecule has 0 saturated carbocycles. The van der Waals surface area contributed by atoms with E-state index in [0.717, 1.165) is 23.3 Å². The molecule has 0 saturated heterocycles. The van der Waals surface area contributed by atoms with Gasteiger partial charge in [-0.05, 0) is 29.3 Å². The number of benzene rings is 3. The zero-order valence-electron chi connectivity index (χ0n) is 13.3. The van der Waals surface area contributed by atoms with Crippen molar-refractivity contribution in [1.82, 2.24) is 0 Å². The number of halogens is 3. The van der Waals surface area contributed by atoms with E-state index in [9.17, 15) is 13.2 Å². The highest BCUT2D eigenvalue weighted by Crippen LogP contribution is 2.35. The molecule has 3 aromatic rings. The quantitative estimate of drug-likeness (QED) is 0.615. The summed E-state index contributed by atoms with van der Waals surface area (Å²) in [5.41, 5.74) is 7.61. The van der Waals surface area contributed by atoms with Crippen LogP contribution in [0.5, 0.6) is 0 Å². The molecule has 0 amide bonds. The number of nitrogen functional groups attached to an aromatic ring is 1. The van der Waals surface area contributed by atoms with Crippen molar-refractivity contribution >= 4 is 11.4 Å². The molecule has 0 unspecified atom stereocenters. The fourth-order valence-corrected chi connectivity index (χ4v) is 2.68. The molecule has 3 aromatic carbocycles. The third-order valence-corrected chi connectivity index (χ3v) is 3.94. The van der Waals surface area contributed by atoms with Gasteiger partial charge in [0, 0.05) is 0 Å². The van der Waals surface area contributed by atoms with Crippen LogP contribution in [-0.2, 0) is 6.18 Å². The second-order valence-corrected chi connectivity index (χ2v) is 5.70. The van der Waals surface area contributed by atoms with Crippen LogP contribution in [0.2, 0.25) is 0 Å². The molecule has 0 aliphatic rings. The number of hydrogen-bond acceptors (Lipinski definition) is 2. The monoisotopic (exact) mass is 342 g/mol. The van der Waals surface area contributed by atoms with Crippen molar-refractivity contribution in [1.29, 1.82) is 0 Å². The normalized spacial score (nSPS) is 11.5. The Balaban J connectivity index is 1.97. The SMILES string of the molecule is Nc1cc(C(F)(F)F)ccc1NC(c1ccccc1)c1ccccc1. The lowest BCUT2D eigenvalue weighted by molar-refractivity contribution is -0.137. The van der Waals surface area contributed by atoms with E-state index in [4.69, 9.17) is 5.73 Å². The third-order valence-electron chi connectivity index (χ3n) is 3.94. The smallest absolute Gasteiger partial charge is 0.397 e. The number of nitrogens with two attached hydrogens (primary N) is 1. The number of alkyl halides is 3. The second-order valence-electron chi connectivity index (χ2n) is 5.70. The maximum Gasteiger partial charge on any atom is 0.416 e. The Morgan fingerprint density at radius 3 is 1.72 bits per heavy atom. The number of anilines is 2.